The topological polar surface area (TPSA) is 280 Å². The number of hydrogen-bond acceptors (Lipinski definition) is 15. The number of methoxy groups -OCH3 is 1. The van der Waals surface area contributed by atoms with Crippen molar-refractivity contribution in [1.29, 1.82) is 0 Å². The lowest BCUT2D eigenvalue weighted by Crippen LogP contribution is -2.05. The highest BCUT2D eigenvalue weighted by Crippen LogP contribution is 2.43. The monoisotopic (exact) mass is 771 g/mol. The van der Waals surface area contributed by atoms with Crippen molar-refractivity contribution in [2.45, 2.75) is 14.7 Å². The minimum atomic E-state index is -5.07. The van der Waals surface area contributed by atoms with Gasteiger partial charge in [0.05, 0.1) is 12.1 Å². The number of hydrogen-bond donors (Lipinski definition) is 6. The van der Waals surface area contributed by atoms with E-state index < -0.39 is 62.2 Å². The number of aromatic hydroxyl groups is 1. The average molecular weight is 773 g/mol. The zero-order valence-electron chi connectivity index (χ0n) is 24.1. The second-order valence-corrected chi connectivity index (χ2v) is 14.5. The van der Waals surface area contributed by atoms with Crippen molar-refractivity contribution in [3.05, 3.63) is 71.0 Å². The van der Waals surface area contributed by atoms with E-state index >= 15 is 0 Å². The highest BCUT2D eigenvalue weighted by Gasteiger charge is 2.24. The van der Waals surface area contributed by atoms with Gasteiger partial charge in [0, 0.05) is 22.8 Å². The number of fused-ring (bicyclic) bond motifs is 1. The first kappa shape index (κ1) is 35.6. The van der Waals surface area contributed by atoms with Crippen molar-refractivity contribution in [3.63, 3.8) is 0 Å². The molecule has 6 N–H and O–H groups in total. The minimum Gasteiger partial charge on any atom is -0.505 e. The first-order chi connectivity index (χ1) is 22.8. The SMILES string of the molecule is COc1ccc(N=Nc2c(S(=O)(=O)O)cc3cc(Nc4nc(Cl)nc(Nc5ccc(Cl)c(S(=O)(=O)O)c5)n4)ccc3c2O)c(S(=O)(=O)O)c1. The van der Waals surface area contributed by atoms with Crippen LogP contribution in [0.4, 0.5) is 34.6 Å². The Morgan fingerprint density at radius 3 is 1.88 bits per heavy atom. The molecule has 0 atom stereocenters. The molecule has 0 saturated heterocycles. The van der Waals surface area contributed by atoms with E-state index in [0.717, 1.165) is 24.3 Å². The first-order valence-electron chi connectivity index (χ1n) is 12.9. The van der Waals surface area contributed by atoms with Crippen LogP contribution >= 0.6 is 23.2 Å². The summed E-state index contributed by atoms with van der Waals surface area (Å²) in [7, 11) is -13.3. The van der Waals surface area contributed by atoms with Gasteiger partial charge in [-0.2, -0.15) is 40.2 Å². The summed E-state index contributed by atoms with van der Waals surface area (Å²) in [6.45, 7) is 0. The fraction of sp³-hybridized carbons (Fsp3) is 0.0385. The molecule has 1 aromatic heterocycles. The van der Waals surface area contributed by atoms with Gasteiger partial charge in [-0.25, -0.2) is 0 Å². The van der Waals surface area contributed by atoms with E-state index in [4.69, 9.17) is 27.9 Å². The molecule has 0 aliphatic carbocycles. The zero-order valence-corrected chi connectivity index (χ0v) is 28.1. The highest BCUT2D eigenvalue weighted by molar-refractivity contribution is 7.86. The third kappa shape index (κ3) is 8.12. The summed E-state index contributed by atoms with van der Waals surface area (Å²) in [6.07, 6.45) is 0. The quantitative estimate of drug-likeness (QED) is 0.0734. The van der Waals surface area contributed by atoms with E-state index in [2.05, 4.69) is 35.8 Å². The number of halogens is 2. The lowest BCUT2D eigenvalue weighted by Gasteiger charge is -2.12. The largest absolute Gasteiger partial charge is 0.505 e. The number of anilines is 4. The number of benzene rings is 4. The Balaban J connectivity index is 1.51. The van der Waals surface area contributed by atoms with Crippen molar-refractivity contribution in [1.82, 2.24) is 15.0 Å². The van der Waals surface area contributed by atoms with Gasteiger partial charge < -0.3 is 20.5 Å². The summed E-state index contributed by atoms with van der Waals surface area (Å²) in [6, 6.07) is 12.0. The summed E-state index contributed by atoms with van der Waals surface area (Å²) in [5, 5.41) is 23.4. The Bertz CT molecular complexity index is 2520. The molecule has 0 saturated carbocycles. The fourth-order valence-corrected chi connectivity index (χ4v) is 6.69. The smallest absolute Gasteiger partial charge is 0.296 e. The Labute approximate surface area is 286 Å². The van der Waals surface area contributed by atoms with Crippen LogP contribution in [0.1, 0.15) is 0 Å². The number of ether oxygens (including phenoxy) is 1. The maximum atomic E-state index is 12.3. The maximum absolute atomic E-state index is 12.3. The van der Waals surface area contributed by atoms with Crippen molar-refractivity contribution in [2.75, 3.05) is 17.7 Å². The molecule has 0 aliphatic rings. The van der Waals surface area contributed by atoms with Crippen LogP contribution in [0.15, 0.2) is 85.6 Å². The third-order valence-electron chi connectivity index (χ3n) is 6.36. The summed E-state index contributed by atoms with van der Waals surface area (Å²) >= 11 is 11.9. The van der Waals surface area contributed by atoms with Gasteiger partial charge in [0.2, 0.25) is 17.2 Å². The number of rotatable bonds is 10. The molecular formula is C26H19Cl2N7O11S3. The van der Waals surface area contributed by atoms with Crippen LogP contribution in [0.5, 0.6) is 11.5 Å². The molecule has 0 spiro atoms. The number of phenolic OH excluding ortho intramolecular Hbond substituents is 1. The van der Waals surface area contributed by atoms with E-state index in [1.54, 1.807) is 0 Å². The molecule has 18 nitrogen and oxygen atoms in total. The maximum Gasteiger partial charge on any atom is 0.296 e. The summed E-state index contributed by atoms with van der Waals surface area (Å²) in [5.74, 6) is -1.03. The number of phenols is 1. The van der Waals surface area contributed by atoms with E-state index in [0.29, 0.717) is 0 Å². The standard InChI is InChI=1S/C26H19Cl2N7O11S3/c1-46-15-4-7-18(20(11-15)48(40,41)42)34-35-22-21(49(43,44)45)9-12-8-13(2-5-16(12)23(22)36)29-25-31-24(28)32-26(33-25)30-14-3-6-17(27)19(10-14)47(37,38)39/h2-11,36H,1H3,(H,37,38,39)(H,40,41,42)(H,43,44,45)(H2,29,30,31,32,33). The Morgan fingerprint density at radius 2 is 1.29 bits per heavy atom. The van der Waals surface area contributed by atoms with E-state index in [1.165, 1.54) is 43.5 Å². The van der Waals surface area contributed by atoms with Crippen LogP contribution in [0.25, 0.3) is 10.8 Å². The van der Waals surface area contributed by atoms with Gasteiger partial charge in [-0.1, -0.05) is 11.6 Å². The molecule has 0 fully saturated rings. The van der Waals surface area contributed by atoms with Gasteiger partial charge in [0.15, 0.2) is 5.75 Å². The van der Waals surface area contributed by atoms with Crippen LogP contribution in [-0.4, -0.2) is 66.1 Å². The molecule has 49 heavy (non-hydrogen) atoms. The Kier molecular flexibility index (Phi) is 9.64. The van der Waals surface area contributed by atoms with Gasteiger partial charge >= 0.3 is 0 Å². The molecular weight excluding hydrogens is 753 g/mol. The fourth-order valence-electron chi connectivity index (χ4n) is 4.24. The van der Waals surface area contributed by atoms with Gasteiger partial charge in [0.1, 0.15) is 31.8 Å². The third-order valence-corrected chi connectivity index (χ3v) is 9.62. The second-order valence-electron chi connectivity index (χ2n) is 9.61. The molecule has 4 aromatic carbocycles. The molecule has 5 aromatic rings. The first-order valence-corrected chi connectivity index (χ1v) is 18.0. The Hall–Kier alpha value is -4.74. The van der Waals surface area contributed by atoms with E-state index in [9.17, 15) is 44.0 Å². The zero-order chi connectivity index (χ0) is 35.9. The van der Waals surface area contributed by atoms with Crippen molar-refractivity contribution >= 4 is 99.0 Å². The second kappa shape index (κ2) is 13.3. The van der Waals surface area contributed by atoms with Gasteiger partial charge in [-0.05, 0) is 71.6 Å². The number of nitrogens with zero attached hydrogens (tertiary/aromatic N) is 5. The molecule has 23 heteroatoms. The van der Waals surface area contributed by atoms with Gasteiger partial charge in [-0.3, -0.25) is 13.7 Å². The molecule has 0 bridgehead atoms. The number of azo groups is 1. The highest BCUT2D eigenvalue weighted by atomic mass is 35.5. The van der Waals surface area contributed by atoms with Crippen molar-refractivity contribution in [3.8, 4) is 11.5 Å². The molecule has 0 amide bonds. The predicted molar refractivity (Wildman–Crippen MR) is 175 cm³/mol. The normalized spacial score (nSPS) is 12.4. The van der Waals surface area contributed by atoms with E-state index in [1.807, 2.05) is 0 Å². The van der Waals surface area contributed by atoms with Crippen LogP contribution < -0.4 is 15.4 Å². The summed E-state index contributed by atoms with van der Waals surface area (Å²) in [5.41, 5.74) is -0.860. The molecule has 256 valence electrons. The molecule has 5 rings (SSSR count). The van der Waals surface area contributed by atoms with Gasteiger partial charge in [-0.15, -0.1) is 10.2 Å². The molecule has 0 aliphatic heterocycles. The minimum absolute atomic E-state index is 0.0186. The summed E-state index contributed by atoms with van der Waals surface area (Å²) in [4.78, 5) is 9.80. The van der Waals surface area contributed by atoms with Gasteiger partial charge in [0.25, 0.3) is 30.4 Å². The predicted octanol–water partition coefficient (Wildman–Crippen LogP) is 5.69. The number of nitrogens with one attached hydrogen (secondary N) is 2. The van der Waals surface area contributed by atoms with Crippen LogP contribution in [0.2, 0.25) is 10.3 Å². The van der Waals surface area contributed by atoms with E-state index in [-0.39, 0.29) is 50.1 Å². The average Bonchev–Trinajstić information content (AvgIpc) is 2.99. The van der Waals surface area contributed by atoms with Crippen LogP contribution in [0, 0.1) is 0 Å². The number of aromatic nitrogens is 3. The van der Waals surface area contributed by atoms with Crippen molar-refractivity contribution < 1.29 is 48.8 Å². The Morgan fingerprint density at radius 1 is 0.694 bits per heavy atom. The summed E-state index contributed by atoms with van der Waals surface area (Å²) < 4.78 is 106. The van der Waals surface area contributed by atoms with Crippen LogP contribution in [0.3, 0.4) is 0 Å². The van der Waals surface area contributed by atoms with Crippen LogP contribution in [-0.2, 0) is 30.4 Å². The lowest BCUT2D eigenvalue weighted by atomic mass is 10.1. The lowest BCUT2D eigenvalue weighted by molar-refractivity contribution is 0.412. The molecule has 1 heterocycles. The molecule has 0 radical (unpaired) electrons. The molecule has 0 unspecified atom stereocenters. The van der Waals surface area contributed by atoms with Crippen molar-refractivity contribution in [2.24, 2.45) is 10.2 Å².